The Morgan fingerprint density at radius 1 is 0.882 bits per heavy atom. The van der Waals surface area contributed by atoms with Crippen molar-refractivity contribution in [2.45, 2.75) is 0 Å². The van der Waals surface area contributed by atoms with Gasteiger partial charge in [-0.2, -0.15) is 0 Å². The highest BCUT2D eigenvalue weighted by Crippen LogP contribution is 2.04. The molecule has 0 N–H and O–H groups in total. The molecule has 2 rings (SSSR count). The molecule has 0 saturated heterocycles. The summed E-state index contributed by atoms with van der Waals surface area (Å²) in [4.78, 5) is 23.2. The highest BCUT2D eigenvalue weighted by atomic mass is 16.3. The van der Waals surface area contributed by atoms with E-state index in [1.54, 1.807) is 36.4 Å². The van der Waals surface area contributed by atoms with Crippen molar-refractivity contribution in [3.8, 4) is 0 Å². The lowest BCUT2D eigenvalue weighted by atomic mass is 10.1. The van der Waals surface area contributed by atoms with E-state index in [-0.39, 0.29) is 17.3 Å². The van der Waals surface area contributed by atoms with Crippen LogP contribution < -0.4 is 0 Å². The Balaban J connectivity index is 2.07. The van der Waals surface area contributed by atoms with E-state index in [1.807, 2.05) is 6.07 Å². The molecule has 1 aromatic heterocycles. The van der Waals surface area contributed by atoms with Gasteiger partial charge in [-0.15, -0.1) is 0 Å². The van der Waals surface area contributed by atoms with Gasteiger partial charge in [-0.05, 0) is 24.3 Å². The molecule has 0 atom stereocenters. The van der Waals surface area contributed by atoms with Gasteiger partial charge in [0.2, 0.25) is 5.78 Å². The average Bonchev–Trinajstić information content (AvgIpc) is 2.90. The zero-order valence-electron chi connectivity index (χ0n) is 9.00. The van der Waals surface area contributed by atoms with Crippen molar-refractivity contribution in [3.05, 3.63) is 72.2 Å². The molecule has 3 nitrogen and oxygen atoms in total. The first kappa shape index (κ1) is 11.1. The molecular formula is C14H10O3. The summed E-state index contributed by atoms with van der Waals surface area (Å²) in [6, 6.07) is 12.0. The van der Waals surface area contributed by atoms with Crippen molar-refractivity contribution in [2.24, 2.45) is 0 Å². The van der Waals surface area contributed by atoms with Crippen LogP contribution in [0.5, 0.6) is 0 Å². The van der Waals surface area contributed by atoms with E-state index in [0.717, 1.165) is 0 Å². The normalized spacial score (nSPS) is 10.6. The predicted octanol–water partition coefficient (Wildman–Crippen LogP) is 2.90. The summed E-state index contributed by atoms with van der Waals surface area (Å²) in [5.74, 6) is -0.299. The van der Waals surface area contributed by atoms with Crippen molar-refractivity contribution >= 4 is 11.6 Å². The number of hydrogen-bond donors (Lipinski definition) is 0. The largest absolute Gasteiger partial charge is 0.461 e. The number of benzene rings is 1. The van der Waals surface area contributed by atoms with Crippen LogP contribution in [0, 0.1) is 0 Å². The first-order valence-corrected chi connectivity index (χ1v) is 5.12. The molecule has 0 aliphatic heterocycles. The molecule has 84 valence electrons. The number of allylic oxidation sites excluding steroid dienone is 2. The van der Waals surface area contributed by atoms with Gasteiger partial charge in [-0.1, -0.05) is 30.3 Å². The lowest BCUT2D eigenvalue weighted by molar-refractivity contribution is 0.100. The van der Waals surface area contributed by atoms with Crippen LogP contribution in [0.15, 0.2) is 65.3 Å². The topological polar surface area (TPSA) is 47.3 Å². The average molecular weight is 226 g/mol. The first-order valence-electron chi connectivity index (χ1n) is 5.12. The quantitative estimate of drug-likeness (QED) is 0.594. The minimum atomic E-state index is -0.320. The van der Waals surface area contributed by atoms with E-state index in [1.165, 1.54) is 18.4 Å². The van der Waals surface area contributed by atoms with Crippen LogP contribution in [0.1, 0.15) is 20.9 Å². The third kappa shape index (κ3) is 2.78. The van der Waals surface area contributed by atoms with Crippen molar-refractivity contribution in [1.82, 2.24) is 0 Å². The van der Waals surface area contributed by atoms with Crippen molar-refractivity contribution in [1.29, 1.82) is 0 Å². The second-order valence-electron chi connectivity index (χ2n) is 3.41. The Morgan fingerprint density at radius 3 is 2.24 bits per heavy atom. The molecule has 1 heterocycles. The Hall–Kier alpha value is -2.42. The first-order chi connectivity index (χ1) is 8.27. The molecule has 0 aliphatic carbocycles. The van der Waals surface area contributed by atoms with Gasteiger partial charge in [0.25, 0.3) is 0 Å². The van der Waals surface area contributed by atoms with Crippen LogP contribution in [0.25, 0.3) is 0 Å². The van der Waals surface area contributed by atoms with Crippen molar-refractivity contribution in [2.75, 3.05) is 0 Å². The van der Waals surface area contributed by atoms with E-state index >= 15 is 0 Å². The summed E-state index contributed by atoms with van der Waals surface area (Å²) in [6.07, 6.45) is 3.88. The van der Waals surface area contributed by atoms with Gasteiger partial charge in [0.1, 0.15) is 0 Å². The van der Waals surface area contributed by atoms with Crippen LogP contribution >= 0.6 is 0 Å². The Kier molecular flexibility index (Phi) is 3.31. The monoisotopic (exact) mass is 226 g/mol. The molecule has 0 saturated carbocycles. The Bertz CT molecular complexity index is 536. The summed E-state index contributed by atoms with van der Waals surface area (Å²) in [5, 5.41) is 0. The molecule has 0 aliphatic rings. The summed E-state index contributed by atoms with van der Waals surface area (Å²) in [7, 11) is 0. The molecule has 0 unspecified atom stereocenters. The molecular weight excluding hydrogens is 216 g/mol. The molecule has 0 bridgehead atoms. The third-order valence-corrected chi connectivity index (χ3v) is 2.21. The van der Waals surface area contributed by atoms with E-state index < -0.39 is 0 Å². The number of carbonyl (C=O) groups is 2. The van der Waals surface area contributed by atoms with Gasteiger partial charge in [-0.3, -0.25) is 9.59 Å². The molecule has 0 radical (unpaired) electrons. The SMILES string of the molecule is O=C(C=CC(=O)c1ccco1)c1ccccc1. The van der Waals surface area contributed by atoms with Crippen LogP contribution in [0.3, 0.4) is 0 Å². The van der Waals surface area contributed by atoms with Gasteiger partial charge in [0.15, 0.2) is 11.5 Å². The van der Waals surface area contributed by atoms with Crippen LogP contribution in [0.2, 0.25) is 0 Å². The van der Waals surface area contributed by atoms with Gasteiger partial charge in [0.05, 0.1) is 6.26 Å². The lowest BCUT2D eigenvalue weighted by Gasteiger charge is -1.93. The van der Waals surface area contributed by atoms with Crippen molar-refractivity contribution in [3.63, 3.8) is 0 Å². The molecule has 3 heteroatoms. The predicted molar refractivity (Wildman–Crippen MR) is 63.0 cm³/mol. The number of hydrogen-bond acceptors (Lipinski definition) is 3. The maximum absolute atomic E-state index is 11.6. The fourth-order valence-electron chi connectivity index (χ4n) is 1.35. The molecule has 0 amide bonds. The van der Waals surface area contributed by atoms with Crippen LogP contribution in [0.4, 0.5) is 0 Å². The van der Waals surface area contributed by atoms with Gasteiger partial charge < -0.3 is 4.42 Å². The fourth-order valence-corrected chi connectivity index (χ4v) is 1.35. The standard InChI is InChI=1S/C14H10O3/c15-12(11-5-2-1-3-6-11)8-9-13(16)14-7-4-10-17-14/h1-10H. The molecule has 0 fully saturated rings. The lowest BCUT2D eigenvalue weighted by Crippen LogP contribution is -1.97. The van der Waals surface area contributed by atoms with Crippen LogP contribution in [-0.4, -0.2) is 11.6 Å². The molecule has 17 heavy (non-hydrogen) atoms. The molecule has 0 spiro atoms. The summed E-state index contributed by atoms with van der Waals surface area (Å²) < 4.78 is 4.92. The van der Waals surface area contributed by atoms with E-state index in [0.29, 0.717) is 5.56 Å². The zero-order chi connectivity index (χ0) is 12.1. The van der Waals surface area contributed by atoms with E-state index in [2.05, 4.69) is 0 Å². The second kappa shape index (κ2) is 5.07. The maximum atomic E-state index is 11.6. The van der Waals surface area contributed by atoms with Gasteiger partial charge in [0, 0.05) is 5.56 Å². The zero-order valence-corrected chi connectivity index (χ0v) is 9.00. The highest BCUT2D eigenvalue weighted by Gasteiger charge is 2.05. The number of rotatable bonds is 4. The second-order valence-corrected chi connectivity index (χ2v) is 3.41. The minimum absolute atomic E-state index is 0.203. The smallest absolute Gasteiger partial charge is 0.221 e. The van der Waals surface area contributed by atoms with E-state index in [9.17, 15) is 9.59 Å². The summed E-state index contributed by atoms with van der Waals surface area (Å²) >= 11 is 0. The van der Waals surface area contributed by atoms with Gasteiger partial charge >= 0.3 is 0 Å². The molecule has 1 aromatic carbocycles. The third-order valence-electron chi connectivity index (χ3n) is 2.21. The summed E-state index contributed by atoms with van der Waals surface area (Å²) in [5.41, 5.74) is 0.552. The number of carbonyl (C=O) groups excluding carboxylic acids is 2. The Labute approximate surface area is 98.4 Å². The Morgan fingerprint density at radius 2 is 1.59 bits per heavy atom. The fraction of sp³-hybridized carbons (Fsp3) is 0. The van der Waals surface area contributed by atoms with E-state index in [4.69, 9.17) is 4.42 Å². The summed E-state index contributed by atoms with van der Waals surface area (Å²) in [6.45, 7) is 0. The molecule has 2 aromatic rings. The minimum Gasteiger partial charge on any atom is -0.461 e. The number of ketones is 2. The number of furan rings is 1. The van der Waals surface area contributed by atoms with Gasteiger partial charge in [-0.25, -0.2) is 0 Å². The van der Waals surface area contributed by atoms with Crippen molar-refractivity contribution < 1.29 is 14.0 Å². The maximum Gasteiger partial charge on any atom is 0.221 e. The van der Waals surface area contributed by atoms with Crippen LogP contribution in [-0.2, 0) is 0 Å². The highest BCUT2D eigenvalue weighted by molar-refractivity contribution is 6.10.